The summed E-state index contributed by atoms with van der Waals surface area (Å²) in [4.78, 5) is 13.8. The molecule has 1 unspecified atom stereocenters. The summed E-state index contributed by atoms with van der Waals surface area (Å²) < 4.78 is 37.0. The first-order valence-corrected chi connectivity index (χ1v) is 11.3. The van der Waals surface area contributed by atoms with E-state index in [4.69, 9.17) is 21.4 Å². The summed E-state index contributed by atoms with van der Waals surface area (Å²) in [6, 6.07) is 4.82. The lowest BCUT2D eigenvalue weighted by atomic mass is 9.98. The molecule has 27 heavy (non-hydrogen) atoms. The molecular weight excluding hydrogens is 388 g/mol. The monoisotopic (exact) mass is 413 g/mol. The Morgan fingerprint density at radius 1 is 1.41 bits per heavy atom. The number of piperidine rings is 1. The summed E-state index contributed by atoms with van der Waals surface area (Å²) in [5.41, 5.74) is 1.23. The van der Waals surface area contributed by atoms with E-state index in [1.165, 1.54) is 4.90 Å². The minimum absolute atomic E-state index is 0.0374. The van der Waals surface area contributed by atoms with Crippen LogP contribution < -0.4 is 4.90 Å². The van der Waals surface area contributed by atoms with Crippen LogP contribution in [0.15, 0.2) is 27.5 Å². The van der Waals surface area contributed by atoms with Crippen LogP contribution in [0.25, 0.3) is 11.1 Å². The smallest absolute Gasteiger partial charge is 0.314 e. The topological polar surface area (TPSA) is 82.9 Å². The van der Waals surface area contributed by atoms with Crippen LogP contribution in [0.5, 0.6) is 0 Å². The number of nitrogens with one attached hydrogen (secondary N) is 1. The Kier molecular flexibility index (Phi) is 6.02. The third-order valence-corrected chi connectivity index (χ3v) is 7.03. The number of oxazole rings is 1. The number of fused-ring (bicyclic) bond motifs is 1. The molecule has 0 amide bonds. The van der Waals surface area contributed by atoms with E-state index in [1.54, 1.807) is 25.1 Å². The Balaban J connectivity index is 1.88. The summed E-state index contributed by atoms with van der Waals surface area (Å²) in [5, 5.41) is 0. The lowest BCUT2D eigenvalue weighted by Crippen LogP contribution is -3.13. The molecule has 1 saturated heterocycles. The van der Waals surface area contributed by atoms with Gasteiger partial charge in [-0.3, -0.25) is 9.36 Å². The summed E-state index contributed by atoms with van der Waals surface area (Å²) in [6.45, 7) is 5.92. The zero-order valence-electron chi connectivity index (χ0n) is 15.6. The average molecular weight is 414 g/mol. The number of quaternary nitrogens is 1. The number of hydrogen-bond donors (Lipinski definition) is 1. The predicted molar refractivity (Wildman–Crippen MR) is 103 cm³/mol. The largest absolute Gasteiger partial charge is 0.466 e. The summed E-state index contributed by atoms with van der Waals surface area (Å²) in [7, 11) is -3.31. The van der Waals surface area contributed by atoms with Crippen molar-refractivity contribution in [3.8, 4) is 0 Å². The van der Waals surface area contributed by atoms with Crippen molar-refractivity contribution in [2.75, 3.05) is 25.4 Å². The van der Waals surface area contributed by atoms with Gasteiger partial charge in [0.15, 0.2) is 22.1 Å². The normalized spacial score (nSPS) is 20.7. The number of rotatable bonds is 6. The van der Waals surface area contributed by atoms with Gasteiger partial charge in [-0.05, 0) is 50.2 Å². The number of nitrogens with zero attached hydrogens (tertiary/aromatic N) is 1. The second kappa shape index (κ2) is 8.12. The van der Waals surface area contributed by atoms with Crippen LogP contribution in [0.1, 0.15) is 26.7 Å². The molecule has 1 aromatic heterocycles. The van der Waals surface area contributed by atoms with Gasteiger partial charge in [-0.1, -0.05) is 6.92 Å². The van der Waals surface area contributed by atoms with Crippen molar-refractivity contribution in [1.82, 2.24) is 4.57 Å². The number of likely N-dealkylation sites (tertiary alicyclic amines) is 1. The molecule has 2 atom stereocenters. The SMILES string of the molecule is CCOC(=O)[C@@H]1CCC[NH+](Cn2c(=S)oc3ccc(S(=O)(=O)CC)cc32)C1. The number of esters is 1. The number of carbonyl (C=O) groups excluding carboxylic acids is 1. The molecule has 2 heterocycles. The highest BCUT2D eigenvalue weighted by atomic mass is 32.2. The number of ether oxygens (including phenoxy) is 1. The van der Waals surface area contributed by atoms with E-state index in [0.29, 0.717) is 35.8 Å². The van der Waals surface area contributed by atoms with Gasteiger partial charge in [0.25, 0.3) is 4.84 Å². The van der Waals surface area contributed by atoms with Crippen LogP contribution >= 0.6 is 12.2 Å². The van der Waals surface area contributed by atoms with E-state index >= 15 is 0 Å². The zero-order chi connectivity index (χ0) is 19.6. The van der Waals surface area contributed by atoms with Crippen LogP contribution in [0.2, 0.25) is 0 Å². The van der Waals surface area contributed by atoms with Crippen molar-refractivity contribution < 1.29 is 27.3 Å². The molecule has 1 fully saturated rings. The highest BCUT2D eigenvalue weighted by molar-refractivity contribution is 7.91. The van der Waals surface area contributed by atoms with Crippen molar-refractivity contribution >= 4 is 39.1 Å². The Morgan fingerprint density at radius 2 is 2.19 bits per heavy atom. The molecule has 7 nitrogen and oxygen atoms in total. The fourth-order valence-corrected chi connectivity index (χ4v) is 4.68. The molecule has 148 valence electrons. The fourth-order valence-electron chi connectivity index (χ4n) is 3.53. The van der Waals surface area contributed by atoms with Crippen molar-refractivity contribution in [3.05, 3.63) is 23.0 Å². The fraction of sp³-hybridized carbons (Fsp3) is 0.556. The number of hydrogen-bond acceptors (Lipinski definition) is 6. The Hall–Kier alpha value is -1.71. The van der Waals surface area contributed by atoms with Crippen molar-refractivity contribution in [2.24, 2.45) is 5.92 Å². The summed E-state index contributed by atoms with van der Waals surface area (Å²) >= 11 is 5.35. The minimum Gasteiger partial charge on any atom is -0.466 e. The third-order valence-electron chi connectivity index (χ3n) is 5.00. The molecular formula is C18H25N2O5S2+. The zero-order valence-corrected chi connectivity index (χ0v) is 17.2. The number of carbonyl (C=O) groups is 1. The van der Waals surface area contributed by atoms with Crippen LogP contribution in [-0.4, -0.2) is 44.4 Å². The molecule has 1 N–H and O–H groups in total. The quantitative estimate of drug-likeness (QED) is 0.572. The first kappa shape index (κ1) is 20.0. The van der Waals surface area contributed by atoms with Crippen LogP contribution in [0.3, 0.4) is 0 Å². The Labute approximate surface area is 163 Å². The standard InChI is InChI=1S/C18H24N2O5S2/c1-3-24-17(21)13-6-5-9-19(11-13)12-20-15-10-14(27(22,23)4-2)7-8-16(15)25-18(20)26/h7-8,10,13H,3-6,9,11-12H2,1-2H3/p+1/t13-/m1/s1. The second-order valence-corrected chi connectivity index (χ2v) is 9.41. The molecule has 0 aliphatic carbocycles. The van der Waals surface area contributed by atoms with Gasteiger partial charge in [0, 0.05) is 0 Å². The van der Waals surface area contributed by atoms with Crippen molar-refractivity contribution in [2.45, 2.75) is 38.3 Å². The van der Waals surface area contributed by atoms with E-state index in [9.17, 15) is 13.2 Å². The molecule has 9 heteroatoms. The van der Waals surface area contributed by atoms with Gasteiger partial charge in [0.05, 0.1) is 35.9 Å². The van der Waals surface area contributed by atoms with Gasteiger partial charge < -0.3 is 14.1 Å². The minimum atomic E-state index is -3.31. The maximum absolute atomic E-state index is 12.2. The highest BCUT2D eigenvalue weighted by Gasteiger charge is 2.30. The second-order valence-electron chi connectivity index (χ2n) is 6.78. The van der Waals surface area contributed by atoms with Gasteiger partial charge in [-0.25, -0.2) is 8.42 Å². The maximum Gasteiger partial charge on any atom is 0.314 e. The molecule has 0 bridgehead atoms. The van der Waals surface area contributed by atoms with Crippen molar-refractivity contribution in [3.63, 3.8) is 0 Å². The molecule has 3 rings (SSSR count). The summed E-state index contributed by atoms with van der Waals surface area (Å²) in [5.74, 6) is -0.223. The van der Waals surface area contributed by atoms with Gasteiger partial charge in [-0.15, -0.1) is 0 Å². The van der Waals surface area contributed by atoms with E-state index in [0.717, 1.165) is 19.4 Å². The predicted octanol–water partition coefficient (Wildman–Crippen LogP) is 1.57. The van der Waals surface area contributed by atoms with E-state index in [2.05, 4.69) is 0 Å². The highest BCUT2D eigenvalue weighted by Crippen LogP contribution is 2.22. The third kappa shape index (κ3) is 4.25. The molecule has 1 aliphatic heterocycles. The molecule has 1 aliphatic rings. The molecule has 1 aromatic carbocycles. The van der Waals surface area contributed by atoms with Crippen LogP contribution in [0.4, 0.5) is 0 Å². The van der Waals surface area contributed by atoms with E-state index in [1.807, 2.05) is 11.5 Å². The lowest BCUT2D eigenvalue weighted by Gasteiger charge is -2.28. The lowest BCUT2D eigenvalue weighted by molar-refractivity contribution is -0.929. The van der Waals surface area contributed by atoms with Gasteiger partial charge >= 0.3 is 5.97 Å². The van der Waals surface area contributed by atoms with Gasteiger partial charge in [0.1, 0.15) is 5.92 Å². The number of benzene rings is 1. The molecule has 0 spiro atoms. The molecule has 0 radical (unpaired) electrons. The van der Waals surface area contributed by atoms with Crippen LogP contribution in [0, 0.1) is 10.8 Å². The van der Waals surface area contributed by atoms with Gasteiger partial charge in [-0.2, -0.15) is 0 Å². The van der Waals surface area contributed by atoms with Crippen molar-refractivity contribution in [1.29, 1.82) is 0 Å². The molecule has 2 aromatic rings. The first-order chi connectivity index (χ1) is 12.9. The molecule has 0 saturated carbocycles. The number of aromatic nitrogens is 1. The average Bonchev–Trinajstić information content (AvgIpc) is 2.97. The van der Waals surface area contributed by atoms with E-state index in [-0.39, 0.29) is 22.5 Å². The first-order valence-electron chi connectivity index (χ1n) is 9.22. The van der Waals surface area contributed by atoms with Gasteiger partial charge in [0.2, 0.25) is 0 Å². The Morgan fingerprint density at radius 3 is 2.89 bits per heavy atom. The summed E-state index contributed by atoms with van der Waals surface area (Å²) in [6.07, 6.45) is 1.76. The number of sulfone groups is 1. The Bertz CT molecular complexity index is 993. The maximum atomic E-state index is 12.2. The van der Waals surface area contributed by atoms with E-state index < -0.39 is 9.84 Å². The van der Waals surface area contributed by atoms with Crippen LogP contribution in [-0.2, 0) is 26.0 Å².